The number of ether oxygens (including phenoxy) is 1. The molecule has 1 aliphatic rings. The SMILES string of the molecule is COC(C)C/C=C1/C(C)=CCCC1(C)C. The molecule has 0 amide bonds. The van der Waals surface area contributed by atoms with Gasteiger partial charge in [0, 0.05) is 7.11 Å². The Bertz CT molecular complexity index is 271. The fourth-order valence-electron chi connectivity index (χ4n) is 2.25. The first kappa shape index (κ1) is 12.5. The van der Waals surface area contributed by atoms with Crippen molar-refractivity contribution in [2.24, 2.45) is 5.41 Å². The number of hydrogen-bond donors (Lipinski definition) is 0. The van der Waals surface area contributed by atoms with Gasteiger partial charge in [-0.1, -0.05) is 31.6 Å². The Kier molecular flexibility index (Phi) is 4.15. The summed E-state index contributed by atoms with van der Waals surface area (Å²) in [5.74, 6) is 0. The summed E-state index contributed by atoms with van der Waals surface area (Å²) in [4.78, 5) is 0. The molecule has 0 saturated carbocycles. The van der Waals surface area contributed by atoms with Crippen molar-refractivity contribution in [2.75, 3.05) is 7.11 Å². The lowest BCUT2D eigenvalue weighted by Gasteiger charge is -2.32. The van der Waals surface area contributed by atoms with E-state index in [-0.39, 0.29) is 0 Å². The second kappa shape index (κ2) is 4.98. The molecule has 0 spiro atoms. The molecule has 1 aliphatic carbocycles. The average Bonchev–Trinajstić information content (AvgIpc) is 2.15. The molecule has 0 fully saturated rings. The molecular formula is C14H24O. The van der Waals surface area contributed by atoms with Gasteiger partial charge in [-0.05, 0) is 44.1 Å². The Labute approximate surface area is 94.2 Å². The maximum Gasteiger partial charge on any atom is 0.0577 e. The molecule has 0 aromatic carbocycles. The molecule has 15 heavy (non-hydrogen) atoms. The van der Waals surface area contributed by atoms with E-state index >= 15 is 0 Å². The van der Waals surface area contributed by atoms with Crippen LogP contribution in [0.25, 0.3) is 0 Å². The van der Waals surface area contributed by atoms with Crippen molar-refractivity contribution in [2.45, 2.75) is 53.1 Å². The minimum Gasteiger partial charge on any atom is -0.381 e. The molecule has 1 unspecified atom stereocenters. The highest BCUT2D eigenvalue weighted by atomic mass is 16.5. The van der Waals surface area contributed by atoms with E-state index in [1.54, 1.807) is 7.11 Å². The van der Waals surface area contributed by atoms with Crippen LogP contribution in [0.4, 0.5) is 0 Å². The number of hydrogen-bond acceptors (Lipinski definition) is 1. The topological polar surface area (TPSA) is 9.23 Å². The van der Waals surface area contributed by atoms with Gasteiger partial charge in [0.25, 0.3) is 0 Å². The van der Waals surface area contributed by atoms with Crippen molar-refractivity contribution in [1.82, 2.24) is 0 Å². The molecule has 1 heteroatoms. The van der Waals surface area contributed by atoms with Gasteiger partial charge >= 0.3 is 0 Å². The zero-order chi connectivity index (χ0) is 11.5. The maximum atomic E-state index is 5.28. The second-order valence-electron chi connectivity index (χ2n) is 5.21. The lowest BCUT2D eigenvalue weighted by Crippen LogP contribution is -2.19. The van der Waals surface area contributed by atoms with Crippen LogP contribution in [0.5, 0.6) is 0 Å². The van der Waals surface area contributed by atoms with E-state index in [1.165, 1.54) is 24.0 Å². The zero-order valence-electron chi connectivity index (χ0n) is 10.8. The maximum absolute atomic E-state index is 5.28. The van der Waals surface area contributed by atoms with Gasteiger partial charge in [-0.2, -0.15) is 0 Å². The predicted molar refractivity (Wildman–Crippen MR) is 65.9 cm³/mol. The van der Waals surface area contributed by atoms with Gasteiger partial charge in [0.2, 0.25) is 0 Å². The van der Waals surface area contributed by atoms with Crippen molar-refractivity contribution in [3.63, 3.8) is 0 Å². The molecule has 0 aliphatic heterocycles. The highest BCUT2D eigenvalue weighted by Gasteiger charge is 2.26. The second-order valence-corrected chi connectivity index (χ2v) is 5.21. The molecule has 0 saturated heterocycles. The molecule has 0 bridgehead atoms. The van der Waals surface area contributed by atoms with E-state index in [9.17, 15) is 0 Å². The number of methoxy groups -OCH3 is 1. The zero-order valence-corrected chi connectivity index (χ0v) is 10.8. The third kappa shape index (κ3) is 3.20. The fourth-order valence-corrected chi connectivity index (χ4v) is 2.25. The standard InChI is InChI=1S/C14H24O/c1-11-7-6-10-14(3,4)13(11)9-8-12(2)15-5/h7,9,12H,6,8,10H2,1-5H3/b13-9-. The van der Waals surface area contributed by atoms with Gasteiger partial charge in [-0.3, -0.25) is 0 Å². The first-order valence-electron chi connectivity index (χ1n) is 5.88. The average molecular weight is 208 g/mol. The van der Waals surface area contributed by atoms with Crippen LogP contribution in [0.3, 0.4) is 0 Å². The van der Waals surface area contributed by atoms with Crippen molar-refractivity contribution in [3.8, 4) is 0 Å². The van der Waals surface area contributed by atoms with Crippen LogP contribution >= 0.6 is 0 Å². The predicted octanol–water partition coefficient (Wildman–Crippen LogP) is 4.10. The molecule has 86 valence electrons. The van der Waals surface area contributed by atoms with Gasteiger partial charge in [-0.25, -0.2) is 0 Å². The van der Waals surface area contributed by atoms with Crippen molar-refractivity contribution >= 4 is 0 Å². The van der Waals surface area contributed by atoms with Gasteiger partial charge in [0.05, 0.1) is 6.10 Å². The fraction of sp³-hybridized carbons (Fsp3) is 0.714. The molecule has 0 heterocycles. The summed E-state index contributed by atoms with van der Waals surface area (Å²) in [6.07, 6.45) is 8.53. The van der Waals surface area contributed by atoms with Crippen LogP contribution in [0.1, 0.15) is 47.0 Å². The highest BCUT2D eigenvalue weighted by molar-refractivity contribution is 5.36. The minimum absolute atomic E-state index is 0.322. The van der Waals surface area contributed by atoms with E-state index in [0.29, 0.717) is 11.5 Å². The first-order chi connectivity index (χ1) is 6.97. The van der Waals surface area contributed by atoms with Gasteiger partial charge in [-0.15, -0.1) is 0 Å². The molecule has 1 nitrogen and oxygen atoms in total. The Hall–Kier alpha value is -0.560. The Morgan fingerprint density at radius 2 is 2.20 bits per heavy atom. The van der Waals surface area contributed by atoms with Gasteiger partial charge in [0.15, 0.2) is 0 Å². The molecule has 1 rings (SSSR count). The van der Waals surface area contributed by atoms with Crippen molar-refractivity contribution < 1.29 is 4.74 Å². The summed E-state index contributed by atoms with van der Waals surface area (Å²) in [5.41, 5.74) is 3.30. The Morgan fingerprint density at radius 1 is 1.53 bits per heavy atom. The molecule has 0 aromatic rings. The van der Waals surface area contributed by atoms with E-state index in [4.69, 9.17) is 4.74 Å². The number of rotatable bonds is 3. The summed E-state index contributed by atoms with van der Waals surface area (Å²) in [7, 11) is 1.78. The largest absolute Gasteiger partial charge is 0.381 e. The summed E-state index contributed by atoms with van der Waals surface area (Å²) in [6, 6.07) is 0. The molecule has 0 aromatic heterocycles. The van der Waals surface area contributed by atoms with E-state index < -0.39 is 0 Å². The van der Waals surface area contributed by atoms with E-state index in [0.717, 1.165) is 6.42 Å². The summed E-state index contributed by atoms with van der Waals surface area (Å²) in [6.45, 7) is 9.02. The van der Waals surface area contributed by atoms with Gasteiger partial charge < -0.3 is 4.74 Å². The van der Waals surface area contributed by atoms with E-state index in [2.05, 4.69) is 39.8 Å². The number of allylic oxidation sites excluding steroid dienone is 3. The molecular weight excluding hydrogens is 184 g/mol. The minimum atomic E-state index is 0.322. The Balaban J connectivity index is 2.79. The molecule has 0 radical (unpaired) electrons. The Morgan fingerprint density at radius 3 is 2.73 bits per heavy atom. The first-order valence-corrected chi connectivity index (χ1v) is 5.88. The quantitative estimate of drug-likeness (QED) is 0.678. The third-order valence-electron chi connectivity index (χ3n) is 3.43. The molecule has 1 atom stereocenters. The van der Waals surface area contributed by atoms with E-state index in [1.807, 2.05) is 0 Å². The lowest BCUT2D eigenvalue weighted by atomic mass is 9.73. The monoisotopic (exact) mass is 208 g/mol. The van der Waals surface area contributed by atoms with Crippen LogP contribution in [-0.4, -0.2) is 13.2 Å². The van der Waals surface area contributed by atoms with Crippen LogP contribution in [-0.2, 0) is 4.74 Å². The van der Waals surface area contributed by atoms with Crippen LogP contribution in [0.15, 0.2) is 23.3 Å². The summed E-state index contributed by atoms with van der Waals surface area (Å²) >= 11 is 0. The third-order valence-corrected chi connectivity index (χ3v) is 3.43. The lowest BCUT2D eigenvalue weighted by molar-refractivity contribution is 0.120. The smallest absolute Gasteiger partial charge is 0.0577 e. The van der Waals surface area contributed by atoms with Crippen LogP contribution in [0, 0.1) is 5.41 Å². The van der Waals surface area contributed by atoms with Crippen LogP contribution in [0.2, 0.25) is 0 Å². The summed E-state index contributed by atoms with van der Waals surface area (Å²) in [5, 5.41) is 0. The van der Waals surface area contributed by atoms with Crippen molar-refractivity contribution in [3.05, 3.63) is 23.3 Å². The summed E-state index contributed by atoms with van der Waals surface area (Å²) < 4.78 is 5.28. The van der Waals surface area contributed by atoms with Crippen LogP contribution < -0.4 is 0 Å². The normalized spacial score (nSPS) is 25.1. The van der Waals surface area contributed by atoms with Crippen molar-refractivity contribution in [1.29, 1.82) is 0 Å². The molecule has 0 N–H and O–H groups in total. The van der Waals surface area contributed by atoms with Gasteiger partial charge in [0.1, 0.15) is 0 Å². The highest BCUT2D eigenvalue weighted by Crippen LogP contribution is 2.40.